The summed E-state index contributed by atoms with van der Waals surface area (Å²) in [5, 5.41) is 2.86. The second-order valence-corrected chi connectivity index (χ2v) is 5.53. The first kappa shape index (κ1) is 17.1. The molecule has 5 nitrogen and oxygen atoms in total. The van der Waals surface area contributed by atoms with Gasteiger partial charge < -0.3 is 10.1 Å². The van der Waals surface area contributed by atoms with E-state index < -0.39 is 0 Å². The molecule has 0 aromatic heterocycles. The van der Waals surface area contributed by atoms with Crippen molar-refractivity contribution in [2.24, 2.45) is 0 Å². The lowest BCUT2D eigenvalue weighted by molar-refractivity contribution is -0.138. The van der Waals surface area contributed by atoms with Crippen molar-refractivity contribution in [1.29, 1.82) is 0 Å². The highest BCUT2D eigenvalue weighted by molar-refractivity contribution is 6.04. The fourth-order valence-corrected chi connectivity index (χ4v) is 2.71. The third-order valence-corrected chi connectivity index (χ3v) is 3.82. The van der Waals surface area contributed by atoms with Crippen LogP contribution in [0.25, 0.3) is 5.70 Å². The van der Waals surface area contributed by atoms with Crippen molar-refractivity contribution in [3.8, 4) is 0 Å². The van der Waals surface area contributed by atoms with Crippen LogP contribution in [-0.2, 0) is 9.53 Å². The first-order valence-corrected chi connectivity index (χ1v) is 8.14. The lowest BCUT2D eigenvalue weighted by atomic mass is 9.97. The van der Waals surface area contributed by atoms with Crippen LogP contribution in [-0.4, -0.2) is 36.1 Å². The van der Waals surface area contributed by atoms with Crippen molar-refractivity contribution < 1.29 is 14.3 Å². The van der Waals surface area contributed by atoms with Crippen LogP contribution in [0.15, 0.2) is 35.9 Å². The van der Waals surface area contributed by atoms with E-state index in [2.05, 4.69) is 12.2 Å². The van der Waals surface area contributed by atoms with E-state index in [0.717, 1.165) is 18.4 Å². The number of hydrogen-bond acceptors (Lipinski definition) is 3. The number of nitrogens with zero attached hydrogens (tertiary/aromatic N) is 1. The highest BCUT2D eigenvalue weighted by Gasteiger charge is 2.35. The smallest absolute Gasteiger partial charge is 0.338 e. The molecule has 5 heteroatoms. The summed E-state index contributed by atoms with van der Waals surface area (Å²) in [7, 11) is 0. The van der Waals surface area contributed by atoms with E-state index >= 15 is 0 Å². The highest BCUT2D eigenvalue weighted by atomic mass is 16.5. The number of rotatable bonds is 6. The van der Waals surface area contributed by atoms with Crippen molar-refractivity contribution in [2.45, 2.75) is 39.7 Å². The summed E-state index contributed by atoms with van der Waals surface area (Å²) in [4.78, 5) is 26.6. The largest absolute Gasteiger partial charge is 0.463 e. The van der Waals surface area contributed by atoms with Gasteiger partial charge in [-0.15, -0.1) is 0 Å². The predicted molar refractivity (Wildman–Crippen MR) is 89.6 cm³/mol. The molecule has 1 aromatic carbocycles. The Morgan fingerprint density at radius 2 is 1.96 bits per heavy atom. The number of hydrogen-bond donors (Lipinski definition) is 1. The molecule has 1 aliphatic heterocycles. The second-order valence-electron chi connectivity index (χ2n) is 5.53. The average molecular weight is 316 g/mol. The van der Waals surface area contributed by atoms with Gasteiger partial charge in [-0.3, -0.25) is 4.90 Å². The Balaban J connectivity index is 2.56. The van der Waals surface area contributed by atoms with Crippen molar-refractivity contribution >= 4 is 17.7 Å². The molecule has 0 saturated carbocycles. The molecular formula is C18H24N2O3. The van der Waals surface area contributed by atoms with Gasteiger partial charge in [0.05, 0.1) is 23.9 Å². The van der Waals surface area contributed by atoms with Gasteiger partial charge in [-0.25, -0.2) is 9.59 Å². The molecule has 0 bridgehead atoms. The molecule has 0 saturated heterocycles. The SMILES string of the molecule is CCCCN1C(=O)NC(C)C(C(=O)OCC)=C1c1ccccc1. The zero-order valence-electron chi connectivity index (χ0n) is 14.0. The number of esters is 1. The maximum atomic E-state index is 12.5. The molecule has 1 heterocycles. The van der Waals surface area contributed by atoms with Crippen LogP contribution in [0.2, 0.25) is 0 Å². The lowest BCUT2D eigenvalue weighted by Gasteiger charge is -2.35. The van der Waals surface area contributed by atoms with Gasteiger partial charge in [-0.05, 0) is 25.8 Å². The minimum atomic E-state index is -0.380. The van der Waals surface area contributed by atoms with Gasteiger partial charge in [0.1, 0.15) is 0 Å². The van der Waals surface area contributed by atoms with Crippen LogP contribution in [0.5, 0.6) is 0 Å². The Morgan fingerprint density at radius 3 is 2.57 bits per heavy atom. The predicted octanol–water partition coefficient (Wildman–Crippen LogP) is 3.17. The number of unbranched alkanes of at least 4 members (excludes halogenated alkanes) is 1. The van der Waals surface area contributed by atoms with Crippen LogP contribution in [0.1, 0.15) is 39.2 Å². The summed E-state index contributed by atoms with van der Waals surface area (Å²) in [6.07, 6.45) is 1.84. The molecule has 1 N–H and O–H groups in total. The third kappa shape index (κ3) is 3.73. The maximum absolute atomic E-state index is 12.5. The normalized spacial score (nSPS) is 18.0. The van der Waals surface area contributed by atoms with Crippen LogP contribution >= 0.6 is 0 Å². The third-order valence-electron chi connectivity index (χ3n) is 3.82. The van der Waals surface area contributed by atoms with E-state index in [4.69, 9.17) is 4.74 Å². The molecule has 1 atom stereocenters. The summed E-state index contributed by atoms with van der Waals surface area (Å²) in [6, 6.07) is 9.00. The number of carbonyl (C=O) groups is 2. The fraction of sp³-hybridized carbons (Fsp3) is 0.444. The van der Waals surface area contributed by atoms with Crippen LogP contribution < -0.4 is 5.32 Å². The minimum Gasteiger partial charge on any atom is -0.463 e. The number of benzene rings is 1. The minimum absolute atomic E-state index is 0.169. The van der Waals surface area contributed by atoms with E-state index in [1.165, 1.54) is 0 Å². The van der Waals surface area contributed by atoms with Gasteiger partial charge in [0.2, 0.25) is 0 Å². The summed E-state index contributed by atoms with van der Waals surface area (Å²) in [5.74, 6) is -0.375. The molecule has 1 aromatic rings. The van der Waals surface area contributed by atoms with E-state index in [1.807, 2.05) is 37.3 Å². The first-order valence-electron chi connectivity index (χ1n) is 8.14. The molecule has 0 radical (unpaired) electrons. The highest BCUT2D eigenvalue weighted by Crippen LogP contribution is 2.30. The molecule has 2 rings (SSSR count). The Morgan fingerprint density at radius 1 is 1.26 bits per heavy atom. The van der Waals surface area contributed by atoms with Crippen LogP contribution in [0, 0.1) is 0 Å². The van der Waals surface area contributed by atoms with Crippen molar-refractivity contribution in [1.82, 2.24) is 10.2 Å². The standard InChI is InChI=1S/C18H24N2O3/c1-4-6-12-20-16(14-10-8-7-9-11-14)15(17(21)23-5-2)13(3)19-18(20)22/h7-11,13H,4-6,12H2,1-3H3,(H,19,22). The molecule has 23 heavy (non-hydrogen) atoms. The fourth-order valence-electron chi connectivity index (χ4n) is 2.71. The summed E-state index contributed by atoms with van der Waals surface area (Å²) in [5.41, 5.74) is 2.02. The average Bonchev–Trinajstić information content (AvgIpc) is 2.54. The molecule has 1 unspecified atom stereocenters. The Hall–Kier alpha value is -2.30. The lowest BCUT2D eigenvalue weighted by Crippen LogP contribution is -2.51. The summed E-state index contributed by atoms with van der Waals surface area (Å²) in [6.45, 7) is 6.54. The zero-order valence-corrected chi connectivity index (χ0v) is 14.0. The Kier molecular flexibility index (Phi) is 5.79. The number of ether oxygens (including phenoxy) is 1. The van der Waals surface area contributed by atoms with E-state index in [1.54, 1.807) is 11.8 Å². The van der Waals surface area contributed by atoms with E-state index in [9.17, 15) is 9.59 Å². The maximum Gasteiger partial charge on any atom is 0.338 e. The second kappa shape index (κ2) is 7.81. The van der Waals surface area contributed by atoms with Gasteiger partial charge in [0.15, 0.2) is 0 Å². The number of amides is 2. The number of nitrogens with one attached hydrogen (secondary N) is 1. The molecule has 2 amide bonds. The molecule has 0 fully saturated rings. The quantitative estimate of drug-likeness (QED) is 0.820. The Labute approximate surface area is 137 Å². The van der Waals surface area contributed by atoms with Gasteiger partial charge >= 0.3 is 12.0 Å². The zero-order chi connectivity index (χ0) is 16.8. The molecular weight excluding hydrogens is 292 g/mol. The number of carbonyl (C=O) groups excluding carboxylic acids is 2. The monoisotopic (exact) mass is 316 g/mol. The molecule has 0 aliphatic carbocycles. The van der Waals surface area contributed by atoms with Crippen LogP contribution in [0.3, 0.4) is 0 Å². The van der Waals surface area contributed by atoms with Gasteiger partial charge in [-0.2, -0.15) is 0 Å². The first-order chi connectivity index (χ1) is 11.1. The van der Waals surface area contributed by atoms with Gasteiger partial charge in [0.25, 0.3) is 0 Å². The number of urea groups is 1. The van der Waals surface area contributed by atoms with Gasteiger partial charge in [0, 0.05) is 6.54 Å². The Bertz CT molecular complexity index is 596. The van der Waals surface area contributed by atoms with E-state index in [-0.39, 0.29) is 18.0 Å². The topological polar surface area (TPSA) is 58.6 Å². The van der Waals surface area contributed by atoms with Crippen molar-refractivity contribution in [2.75, 3.05) is 13.2 Å². The van der Waals surface area contributed by atoms with Gasteiger partial charge in [-0.1, -0.05) is 43.7 Å². The van der Waals surface area contributed by atoms with Crippen molar-refractivity contribution in [3.63, 3.8) is 0 Å². The summed E-state index contributed by atoms with van der Waals surface area (Å²) >= 11 is 0. The van der Waals surface area contributed by atoms with Crippen LogP contribution in [0.4, 0.5) is 4.79 Å². The summed E-state index contributed by atoms with van der Waals surface area (Å²) < 4.78 is 5.22. The molecule has 0 spiro atoms. The van der Waals surface area contributed by atoms with Crippen molar-refractivity contribution in [3.05, 3.63) is 41.5 Å². The van der Waals surface area contributed by atoms with E-state index in [0.29, 0.717) is 24.4 Å². The molecule has 124 valence electrons. The molecule has 1 aliphatic rings.